The van der Waals surface area contributed by atoms with Crippen molar-refractivity contribution in [3.8, 4) is 22.5 Å². The van der Waals surface area contributed by atoms with E-state index in [1.165, 1.54) is 13.0 Å². The molecule has 0 saturated carbocycles. The smallest absolute Gasteiger partial charge is 0.336 e. The van der Waals surface area contributed by atoms with Gasteiger partial charge in [0.15, 0.2) is 5.78 Å². The molecule has 0 bridgehead atoms. The molecular weight excluding hydrogens is 366 g/mol. The summed E-state index contributed by atoms with van der Waals surface area (Å²) in [6.45, 7) is 3.43. The summed E-state index contributed by atoms with van der Waals surface area (Å²) >= 11 is 0. The number of carboxylic acid groups (broad SMARTS) is 1. The van der Waals surface area contributed by atoms with Gasteiger partial charge in [0.2, 0.25) is 0 Å². The molecule has 1 heterocycles. The number of aromatic carboxylic acids is 1. The molecule has 0 spiro atoms. The first-order chi connectivity index (χ1) is 13.9. The average molecular weight is 385 g/mol. The predicted molar refractivity (Wildman–Crippen MR) is 111 cm³/mol. The Hall–Kier alpha value is -3.73. The Morgan fingerprint density at radius 3 is 2.45 bits per heavy atom. The highest BCUT2D eigenvalue weighted by Gasteiger charge is 2.22. The van der Waals surface area contributed by atoms with E-state index in [9.17, 15) is 14.7 Å². The molecule has 0 atom stereocenters. The van der Waals surface area contributed by atoms with Gasteiger partial charge >= 0.3 is 5.97 Å². The maximum atomic E-state index is 12.0. The Kier molecular flexibility index (Phi) is 4.51. The normalized spacial score (nSPS) is 11.9. The quantitative estimate of drug-likeness (QED) is 0.400. The van der Waals surface area contributed by atoms with Crippen molar-refractivity contribution in [3.63, 3.8) is 0 Å². The minimum atomic E-state index is -1.05. The summed E-state index contributed by atoms with van der Waals surface area (Å²) in [7, 11) is 1.70. The van der Waals surface area contributed by atoms with Crippen molar-refractivity contribution < 1.29 is 19.1 Å². The van der Waals surface area contributed by atoms with Crippen LogP contribution >= 0.6 is 0 Å². The second-order valence-corrected chi connectivity index (χ2v) is 7.00. The molecule has 0 unspecified atom stereocenters. The van der Waals surface area contributed by atoms with Crippen molar-refractivity contribution in [1.29, 1.82) is 0 Å². The molecule has 1 aliphatic heterocycles. The van der Waals surface area contributed by atoms with Crippen LogP contribution in [0.25, 0.3) is 33.4 Å². The molecule has 0 saturated heterocycles. The van der Waals surface area contributed by atoms with Crippen LogP contribution < -0.4 is 5.36 Å². The number of Topliss-reactive ketones (excluding diaryl/α,β-unsaturated/α-hetero) is 1. The second kappa shape index (κ2) is 7.02. The molecule has 5 nitrogen and oxygen atoms in total. The number of carbonyl (C=O) groups excluding carboxylic acids is 1. The van der Waals surface area contributed by atoms with Crippen molar-refractivity contribution in [3.05, 3.63) is 76.6 Å². The number of fused-ring (bicyclic) bond motifs is 2. The Labute approximate surface area is 167 Å². The highest BCUT2D eigenvalue weighted by atomic mass is 16.4. The zero-order valence-corrected chi connectivity index (χ0v) is 16.3. The molecule has 2 aliphatic rings. The van der Waals surface area contributed by atoms with Crippen LogP contribution in [0.5, 0.6) is 0 Å². The van der Waals surface area contributed by atoms with E-state index in [1.54, 1.807) is 19.2 Å². The third-order valence-electron chi connectivity index (χ3n) is 5.04. The number of nitrogens with zero attached hydrogens (tertiary/aromatic N) is 1. The van der Waals surface area contributed by atoms with Gasteiger partial charge in [-0.25, -0.2) is 4.79 Å². The van der Waals surface area contributed by atoms with Gasteiger partial charge in [0, 0.05) is 35.2 Å². The minimum Gasteiger partial charge on any atom is -0.478 e. The van der Waals surface area contributed by atoms with Gasteiger partial charge in [-0.1, -0.05) is 18.2 Å². The summed E-state index contributed by atoms with van der Waals surface area (Å²) in [4.78, 5) is 28.2. The molecule has 2 aromatic carbocycles. The highest BCUT2D eigenvalue weighted by molar-refractivity contribution is 6.09. The maximum absolute atomic E-state index is 12.0. The summed E-state index contributed by atoms with van der Waals surface area (Å²) in [6, 6.07) is 16.0. The summed E-state index contributed by atoms with van der Waals surface area (Å²) in [6.07, 6.45) is 0. The van der Waals surface area contributed by atoms with Crippen LogP contribution in [0, 0.1) is 6.92 Å². The Morgan fingerprint density at radius 2 is 1.76 bits per heavy atom. The number of aryl methyl sites for hydroxylation is 1. The summed E-state index contributed by atoms with van der Waals surface area (Å²) in [5.74, 6) is -0.574. The molecule has 0 radical (unpaired) electrons. The molecule has 29 heavy (non-hydrogen) atoms. The van der Waals surface area contributed by atoms with Crippen molar-refractivity contribution in [2.45, 2.75) is 13.8 Å². The zero-order valence-electron chi connectivity index (χ0n) is 16.3. The molecule has 2 aromatic rings. The van der Waals surface area contributed by atoms with Gasteiger partial charge in [-0.2, -0.15) is 0 Å². The number of carboxylic acids is 1. The van der Waals surface area contributed by atoms with E-state index in [1.807, 2.05) is 43.3 Å². The molecule has 0 amide bonds. The Bertz CT molecular complexity index is 1330. The van der Waals surface area contributed by atoms with Crippen molar-refractivity contribution in [2.24, 2.45) is 4.99 Å². The second-order valence-electron chi connectivity index (χ2n) is 7.00. The van der Waals surface area contributed by atoms with Gasteiger partial charge < -0.3 is 9.52 Å². The van der Waals surface area contributed by atoms with E-state index >= 15 is 0 Å². The lowest BCUT2D eigenvalue weighted by molar-refractivity contribution is 0.0697. The van der Waals surface area contributed by atoms with Crippen LogP contribution in [0.3, 0.4) is 0 Å². The molecule has 0 aromatic heterocycles. The first-order valence-corrected chi connectivity index (χ1v) is 9.18. The molecule has 1 aliphatic carbocycles. The van der Waals surface area contributed by atoms with E-state index in [0.29, 0.717) is 22.5 Å². The van der Waals surface area contributed by atoms with Crippen LogP contribution in [0.2, 0.25) is 0 Å². The number of benzene rings is 3. The zero-order chi connectivity index (χ0) is 20.7. The molecular formula is C24H19NO4. The third-order valence-corrected chi connectivity index (χ3v) is 5.04. The Balaban J connectivity index is 2.22. The van der Waals surface area contributed by atoms with Gasteiger partial charge in [-0.15, -0.1) is 0 Å². The number of ketones is 1. The average Bonchev–Trinajstić information content (AvgIpc) is 2.70. The van der Waals surface area contributed by atoms with E-state index in [-0.39, 0.29) is 11.3 Å². The van der Waals surface area contributed by atoms with Crippen LogP contribution in [-0.4, -0.2) is 23.9 Å². The lowest BCUT2D eigenvalue weighted by Crippen LogP contribution is -2.06. The predicted octanol–water partition coefficient (Wildman–Crippen LogP) is 4.94. The first kappa shape index (κ1) is 18.6. The SMILES string of the molecule is CN=c1ccc2c(-c3cc(C(C)=O)ccc3C(=O)O)c3ccc(C)cc3oc-2c1. The number of hydrogen-bond donors (Lipinski definition) is 1. The minimum absolute atomic E-state index is 0.125. The van der Waals surface area contributed by atoms with Crippen molar-refractivity contribution in [1.82, 2.24) is 0 Å². The lowest BCUT2D eigenvalue weighted by Gasteiger charge is -2.17. The van der Waals surface area contributed by atoms with Gasteiger partial charge in [-0.05, 0) is 55.3 Å². The molecule has 5 heteroatoms. The monoisotopic (exact) mass is 385 g/mol. The van der Waals surface area contributed by atoms with E-state index in [0.717, 1.165) is 27.4 Å². The van der Waals surface area contributed by atoms with Gasteiger partial charge in [0.05, 0.1) is 10.9 Å². The number of rotatable bonds is 3. The van der Waals surface area contributed by atoms with Crippen LogP contribution in [0.1, 0.15) is 33.2 Å². The molecule has 1 N–H and O–H groups in total. The fraction of sp³-hybridized carbons (Fsp3) is 0.125. The topological polar surface area (TPSA) is 79.9 Å². The van der Waals surface area contributed by atoms with E-state index in [4.69, 9.17) is 4.42 Å². The highest BCUT2D eigenvalue weighted by Crippen LogP contribution is 2.41. The van der Waals surface area contributed by atoms with Crippen molar-refractivity contribution in [2.75, 3.05) is 7.05 Å². The van der Waals surface area contributed by atoms with Crippen molar-refractivity contribution >= 4 is 22.7 Å². The number of hydrogen-bond acceptors (Lipinski definition) is 4. The molecule has 0 fully saturated rings. The van der Waals surface area contributed by atoms with Crippen LogP contribution in [0.4, 0.5) is 0 Å². The summed E-state index contributed by atoms with van der Waals surface area (Å²) in [5, 5.41) is 11.3. The largest absolute Gasteiger partial charge is 0.478 e. The molecule has 144 valence electrons. The fourth-order valence-corrected chi connectivity index (χ4v) is 3.57. The number of carbonyl (C=O) groups is 2. The third kappa shape index (κ3) is 3.21. The van der Waals surface area contributed by atoms with Gasteiger partial charge in [0.25, 0.3) is 0 Å². The summed E-state index contributed by atoms with van der Waals surface area (Å²) < 4.78 is 6.14. The standard InChI is InChI=1S/C24H19NO4/c1-13-4-7-18-21(10-13)29-22-12-16(25-3)6-9-19(22)23(18)20-11-15(14(2)26)5-8-17(20)24(27)28/h4-12H,1-3H3,(H,27,28). The summed E-state index contributed by atoms with van der Waals surface area (Å²) in [5.41, 5.74) is 4.24. The maximum Gasteiger partial charge on any atom is 0.336 e. The van der Waals surface area contributed by atoms with Crippen LogP contribution in [-0.2, 0) is 0 Å². The van der Waals surface area contributed by atoms with E-state index in [2.05, 4.69) is 4.99 Å². The Morgan fingerprint density at radius 1 is 0.966 bits per heavy atom. The fourth-order valence-electron chi connectivity index (χ4n) is 3.57. The van der Waals surface area contributed by atoms with Crippen LogP contribution in [0.15, 0.2) is 64.0 Å². The van der Waals surface area contributed by atoms with Gasteiger partial charge in [-0.3, -0.25) is 9.79 Å². The lowest BCUT2D eigenvalue weighted by atomic mass is 9.89. The van der Waals surface area contributed by atoms with E-state index < -0.39 is 5.97 Å². The first-order valence-electron chi connectivity index (χ1n) is 9.18. The molecule has 4 rings (SSSR count). The van der Waals surface area contributed by atoms with Gasteiger partial charge in [0.1, 0.15) is 11.3 Å².